The fourth-order valence-corrected chi connectivity index (χ4v) is 0.928. The molecule has 0 saturated carbocycles. The van der Waals surface area contributed by atoms with E-state index in [1.54, 1.807) is 42.8 Å². The van der Waals surface area contributed by atoms with Crippen molar-refractivity contribution in [2.45, 2.75) is 13.8 Å². The van der Waals surface area contributed by atoms with Crippen molar-refractivity contribution in [1.29, 1.82) is 0 Å². The second kappa shape index (κ2) is 11.0. The number of hydrogen-bond acceptors (Lipinski definition) is 6. The molecule has 9 nitrogen and oxygen atoms in total. The Bertz CT molecular complexity index is 474. The molecule has 9 heteroatoms. The van der Waals surface area contributed by atoms with Gasteiger partial charge in [-0.05, 0) is 19.9 Å². The van der Waals surface area contributed by atoms with Crippen LogP contribution in [0.2, 0.25) is 0 Å². The maximum Gasteiger partial charge on any atom is 0.415 e. The lowest BCUT2D eigenvalue weighted by atomic mass is 10.5. The molecule has 3 N–H and O–H groups in total. The van der Waals surface area contributed by atoms with E-state index in [0.29, 0.717) is 0 Å². The number of pyridine rings is 1. The number of hydrogen-bond donors (Lipinski definition) is 3. The molecule has 0 unspecified atom stereocenters. The minimum atomic E-state index is -0.984. The molecular formula is C12H17N3O6. The average molecular weight is 299 g/mol. The molecule has 1 rings (SSSR count). The molecule has 0 radical (unpaired) electrons. The van der Waals surface area contributed by atoms with Gasteiger partial charge in [-0.3, -0.25) is 4.79 Å². The molecule has 0 saturated heterocycles. The van der Waals surface area contributed by atoms with E-state index in [-0.39, 0.29) is 18.8 Å². The third-order valence-corrected chi connectivity index (χ3v) is 1.66. The molecule has 0 aromatic carbocycles. The largest absolute Gasteiger partial charge is 0.450 e. The molecule has 0 aliphatic heterocycles. The number of aromatic amines is 1. The summed E-state index contributed by atoms with van der Waals surface area (Å²) in [5.74, 6) is 0. The summed E-state index contributed by atoms with van der Waals surface area (Å²) in [5.41, 5.74) is -0.0532. The van der Waals surface area contributed by atoms with E-state index in [1.807, 2.05) is 0 Å². The van der Waals surface area contributed by atoms with Gasteiger partial charge in [0.05, 0.1) is 13.2 Å². The lowest BCUT2D eigenvalue weighted by Crippen LogP contribution is -2.42. The van der Waals surface area contributed by atoms with Crippen molar-refractivity contribution in [1.82, 2.24) is 15.6 Å². The van der Waals surface area contributed by atoms with Crippen LogP contribution in [0.3, 0.4) is 0 Å². The highest BCUT2D eigenvalue weighted by Crippen LogP contribution is 1.79. The van der Waals surface area contributed by atoms with Gasteiger partial charge in [-0.2, -0.15) is 0 Å². The molecule has 21 heavy (non-hydrogen) atoms. The number of ether oxygens (including phenoxy) is 2. The number of carbonyl (C=O) groups is 3. The highest BCUT2D eigenvalue weighted by Gasteiger charge is 2.11. The van der Waals surface area contributed by atoms with Gasteiger partial charge in [0.25, 0.3) is 0 Å². The fraction of sp³-hybridized carbons (Fsp3) is 0.333. The normalized spacial score (nSPS) is 8.67. The fourth-order valence-electron chi connectivity index (χ4n) is 0.928. The first-order valence-electron chi connectivity index (χ1n) is 6.04. The molecule has 0 fully saturated rings. The molecule has 0 aliphatic carbocycles. The third-order valence-electron chi connectivity index (χ3n) is 1.66. The number of urea groups is 1. The molecule has 116 valence electrons. The van der Waals surface area contributed by atoms with Crippen LogP contribution < -0.4 is 16.2 Å². The molecule has 0 atom stereocenters. The molecule has 0 aliphatic rings. The summed E-state index contributed by atoms with van der Waals surface area (Å²) in [7, 11) is 0. The topological polar surface area (TPSA) is 127 Å². The van der Waals surface area contributed by atoms with Gasteiger partial charge in [-0.1, -0.05) is 6.07 Å². The number of aromatic nitrogens is 1. The van der Waals surface area contributed by atoms with Gasteiger partial charge in [0, 0.05) is 12.3 Å². The van der Waals surface area contributed by atoms with Crippen LogP contribution in [0.5, 0.6) is 0 Å². The number of nitrogens with one attached hydrogen (secondary N) is 3. The molecule has 4 amide bonds. The Kier molecular flexibility index (Phi) is 9.53. The van der Waals surface area contributed by atoms with Crippen molar-refractivity contribution in [3.63, 3.8) is 0 Å². The highest BCUT2D eigenvalue weighted by atomic mass is 16.6. The predicted octanol–water partition coefficient (Wildman–Crippen LogP) is 0.973. The Labute approximate surface area is 120 Å². The summed E-state index contributed by atoms with van der Waals surface area (Å²) in [6, 6.07) is 3.95. The molecule has 0 bridgehead atoms. The second-order valence-electron chi connectivity index (χ2n) is 3.25. The van der Waals surface area contributed by atoms with E-state index in [4.69, 9.17) is 0 Å². The van der Waals surface area contributed by atoms with Gasteiger partial charge in [-0.15, -0.1) is 0 Å². The van der Waals surface area contributed by atoms with Gasteiger partial charge >= 0.3 is 18.2 Å². The van der Waals surface area contributed by atoms with Crippen LogP contribution in [-0.2, 0) is 9.47 Å². The van der Waals surface area contributed by atoms with Crippen molar-refractivity contribution < 1.29 is 23.9 Å². The standard InChI is InChI=1S/C7H12N2O5.C5H5NO/c1-3-13-6(11)8-5(10)9-7(12)14-4-2;7-5-3-1-2-4-6-5/h3-4H2,1-2H3,(H2,8,9,10,11,12);1-4H,(H,6,7). The first-order chi connectivity index (χ1) is 9.99. The van der Waals surface area contributed by atoms with Crippen molar-refractivity contribution in [3.8, 4) is 0 Å². The van der Waals surface area contributed by atoms with E-state index < -0.39 is 18.2 Å². The van der Waals surface area contributed by atoms with Crippen LogP contribution in [0.1, 0.15) is 13.8 Å². The Morgan fingerprint density at radius 1 is 1.05 bits per heavy atom. The SMILES string of the molecule is CCOC(=O)NC(=O)NC(=O)OCC.O=c1cccc[nH]1. The monoisotopic (exact) mass is 299 g/mol. The van der Waals surface area contributed by atoms with Gasteiger partial charge in [0.1, 0.15) is 0 Å². The first kappa shape index (κ1) is 18.2. The average Bonchev–Trinajstić information content (AvgIpc) is 2.40. The number of amides is 4. The second-order valence-corrected chi connectivity index (χ2v) is 3.25. The lowest BCUT2D eigenvalue weighted by molar-refractivity contribution is 0.146. The molecule has 1 aromatic rings. The van der Waals surface area contributed by atoms with E-state index in [1.165, 1.54) is 6.07 Å². The van der Waals surface area contributed by atoms with Crippen molar-refractivity contribution >= 4 is 18.2 Å². The maximum atomic E-state index is 10.8. The minimum Gasteiger partial charge on any atom is -0.450 e. The van der Waals surface area contributed by atoms with Gasteiger partial charge in [0.15, 0.2) is 0 Å². The summed E-state index contributed by atoms with van der Waals surface area (Å²) in [4.78, 5) is 44.8. The van der Waals surface area contributed by atoms with Crippen LogP contribution in [-0.4, -0.2) is 36.4 Å². The third kappa shape index (κ3) is 10.7. The van der Waals surface area contributed by atoms with E-state index >= 15 is 0 Å². The zero-order valence-electron chi connectivity index (χ0n) is 11.7. The zero-order chi connectivity index (χ0) is 16.1. The first-order valence-corrected chi connectivity index (χ1v) is 6.04. The molecule has 1 heterocycles. The number of H-pyrrole nitrogens is 1. The van der Waals surface area contributed by atoms with Crippen molar-refractivity contribution in [2.75, 3.05) is 13.2 Å². The van der Waals surface area contributed by atoms with E-state index in [9.17, 15) is 19.2 Å². The summed E-state index contributed by atoms with van der Waals surface area (Å²) in [5, 5.41) is 3.52. The van der Waals surface area contributed by atoms with Crippen LogP contribution >= 0.6 is 0 Å². The number of carbonyl (C=O) groups excluding carboxylic acids is 3. The Morgan fingerprint density at radius 3 is 1.86 bits per heavy atom. The predicted molar refractivity (Wildman–Crippen MR) is 72.8 cm³/mol. The van der Waals surface area contributed by atoms with Gasteiger partial charge in [0.2, 0.25) is 5.56 Å². The lowest BCUT2D eigenvalue weighted by Gasteiger charge is -2.04. The Morgan fingerprint density at radius 2 is 1.57 bits per heavy atom. The van der Waals surface area contributed by atoms with Crippen molar-refractivity contribution in [3.05, 3.63) is 34.7 Å². The number of imide groups is 2. The van der Waals surface area contributed by atoms with Crippen LogP contribution in [0.4, 0.5) is 14.4 Å². The number of rotatable bonds is 2. The smallest absolute Gasteiger partial charge is 0.415 e. The molecule has 0 spiro atoms. The van der Waals surface area contributed by atoms with Gasteiger partial charge in [-0.25, -0.2) is 25.0 Å². The molecule has 1 aromatic heterocycles. The quantitative estimate of drug-likeness (QED) is 0.747. The Balaban J connectivity index is 0.000000471. The molecular weight excluding hydrogens is 282 g/mol. The van der Waals surface area contributed by atoms with E-state index in [0.717, 1.165) is 0 Å². The maximum absolute atomic E-state index is 10.8. The summed E-state index contributed by atoms with van der Waals surface area (Å²) in [6.07, 6.45) is -0.244. The van der Waals surface area contributed by atoms with Crippen LogP contribution in [0.15, 0.2) is 29.2 Å². The Hall–Kier alpha value is -2.84. The summed E-state index contributed by atoms with van der Waals surface area (Å²) < 4.78 is 8.78. The highest BCUT2D eigenvalue weighted by molar-refractivity contribution is 5.98. The van der Waals surface area contributed by atoms with Crippen molar-refractivity contribution in [2.24, 2.45) is 0 Å². The van der Waals surface area contributed by atoms with Crippen LogP contribution in [0.25, 0.3) is 0 Å². The zero-order valence-corrected chi connectivity index (χ0v) is 11.7. The van der Waals surface area contributed by atoms with Gasteiger partial charge < -0.3 is 14.5 Å². The minimum absolute atomic E-state index is 0.0532. The summed E-state index contributed by atoms with van der Waals surface area (Å²) >= 11 is 0. The van der Waals surface area contributed by atoms with Crippen LogP contribution in [0, 0.1) is 0 Å². The summed E-state index contributed by atoms with van der Waals surface area (Å²) in [6.45, 7) is 3.45. The van der Waals surface area contributed by atoms with E-state index in [2.05, 4.69) is 14.5 Å². The number of alkyl carbamates (subject to hydrolysis) is 2.